The van der Waals surface area contributed by atoms with Crippen LogP contribution in [0.2, 0.25) is 0 Å². The first-order valence-electron chi connectivity index (χ1n) is 8.18. The second-order valence-corrected chi connectivity index (χ2v) is 7.13. The highest BCUT2D eigenvalue weighted by Crippen LogP contribution is 2.65. The standard InChI is InChI=1S/C18H16N2O4/c21-9-2-1-8(14(22)5-9)7-19-20-17(23)15-10-3-4-11(13-6-12(10)13)16(15)18(20)24/h1-5,7,10-13,15-16,21-22H,6H2/b19-7-/t10-,11-,12-,13+,15-,16+/m0/s1. The Hall–Kier alpha value is -2.63. The molecule has 0 spiro atoms. The van der Waals surface area contributed by atoms with Crippen molar-refractivity contribution in [2.45, 2.75) is 6.42 Å². The van der Waals surface area contributed by atoms with Crippen LogP contribution in [-0.2, 0) is 9.59 Å². The summed E-state index contributed by atoms with van der Waals surface area (Å²) < 4.78 is 0. The molecule has 6 rings (SSSR count). The number of rotatable bonds is 2. The normalized spacial score (nSPS) is 38.8. The van der Waals surface area contributed by atoms with Gasteiger partial charge in [-0.1, -0.05) is 12.2 Å². The minimum absolute atomic E-state index is 0.0640. The molecule has 2 amide bonds. The second-order valence-electron chi connectivity index (χ2n) is 7.13. The van der Waals surface area contributed by atoms with Crippen LogP contribution in [0.4, 0.5) is 0 Å². The number of carbonyl (C=O) groups is 2. The lowest BCUT2D eigenvalue weighted by molar-refractivity contribution is -0.140. The van der Waals surface area contributed by atoms with Gasteiger partial charge in [-0.05, 0) is 42.2 Å². The third-order valence-corrected chi connectivity index (χ3v) is 5.97. The molecule has 2 N–H and O–H groups in total. The van der Waals surface area contributed by atoms with E-state index in [4.69, 9.17) is 0 Å². The molecule has 24 heavy (non-hydrogen) atoms. The molecule has 2 saturated carbocycles. The largest absolute Gasteiger partial charge is 0.508 e. The summed E-state index contributed by atoms with van der Waals surface area (Å²) in [6.45, 7) is 0. The summed E-state index contributed by atoms with van der Waals surface area (Å²) in [6.07, 6.45) is 6.65. The summed E-state index contributed by atoms with van der Waals surface area (Å²) in [5.74, 6) is 0.222. The average Bonchev–Trinajstić information content (AvgIpc) is 3.33. The molecule has 1 saturated heterocycles. The highest BCUT2D eigenvalue weighted by molar-refractivity contribution is 6.06. The minimum atomic E-state index is -0.276. The Morgan fingerprint density at radius 3 is 2.25 bits per heavy atom. The van der Waals surface area contributed by atoms with Gasteiger partial charge in [-0.25, -0.2) is 0 Å². The molecule has 0 unspecified atom stereocenters. The second kappa shape index (κ2) is 4.47. The predicted octanol–water partition coefficient (Wildman–Crippen LogP) is 1.48. The number of hydrazone groups is 1. The summed E-state index contributed by atoms with van der Waals surface area (Å²) in [4.78, 5) is 25.4. The van der Waals surface area contributed by atoms with Gasteiger partial charge < -0.3 is 10.2 Å². The maximum absolute atomic E-state index is 12.7. The number of carbonyl (C=O) groups excluding carboxylic acids is 2. The number of hydrogen-bond acceptors (Lipinski definition) is 5. The van der Waals surface area contributed by atoms with Crippen LogP contribution in [0.5, 0.6) is 11.5 Å². The monoisotopic (exact) mass is 324 g/mol. The Bertz CT molecular complexity index is 794. The van der Waals surface area contributed by atoms with Crippen LogP contribution in [0.25, 0.3) is 0 Å². The third kappa shape index (κ3) is 1.68. The van der Waals surface area contributed by atoms with Crippen molar-refractivity contribution >= 4 is 18.0 Å². The van der Waals surface area contributed by atoms with E-state index < -0.39 is 0 Å². The molecule has 1 heterocycles. The molecule has 1 aliphatic heterocycles. The summed E-state index contributed by atoms with van der Waals surface area (Å²) in [7, 11) is 0. The van der Waals surface area contributed by atoms with Crippen LogP contribution in [-0.4, -0.2) is 33.3 Å². The molecular formula is C18H16N2O4. The lowest BCUT2D eigenvalue weighted by Gasteiger charge is -2.37. The van der Waals surface area contributed by atoms with Gasteiger partial charge in [0, 0.05) is 11.6 Å². The number of nitrogens with zero attached hydrogens (tertiary/aromatic N) is 2. The molecule has 4 aliphatic carbocycles. The Balaban J connectivity index is 1.45. The zero-order chi connectivity index (χ0) is 16.6. The maximum atomic E-state index is 12.7. The van der Waals surface area contributed by atoms with E-state index in [1.165, 1.54) is 24.4 Å². The van der Waals surface area contributed by atoms with Gasteiger partial charge in [0.1, 0.15) is 11.5 Å². The van der Waals surface area contributed by atoms with Crippen molar-refractivity contribution in [3.8, 4) is 11.5 Å². The number of phenols is 2. The van der Waals surface area contributed by atoms with E-state index >= 15 is 0 Å². The Morgan fingerprint density at radius 1 is 1.04 bits per heavy atom. The molecule has 6 heteroatoms. The van der Waals surface area contributed by atoms with Crippen LogP contribution in [0.15, 0.2) is 35.5 Å². The SMILES string of the molecule is O=C1[C@@H]2[C@H]3C=C[C@@H]([C@@H]4C[C@H]34)[C@@H]2C(=O)N1/N=C\c1ccc(O)cc1O. The summed E-state index contributed by atoms with van der Waals surface area (Å²) >= 11 is 0. The minimum Gasteiger partial charge on any atom is -0.508 e. The topological polar surface area (TPSA) is 90.2 Å². The molecular weight excluding hydrogens is 308 g/mol. The van der Waals surface area contributed by atoms with Gasteiger partial charge >= 0.3 is 0 Å². The van der Waals surface area contributed by atoms with Crippen LogP contribution in [0.3, 0.4) is 0 Å². The smallest absolute Gasteiger partial charge is 0.254 e. The lowest BCUT2D eigenvalue weighted by atomic mass is 9.63. The Morgan fingerprint density at radius 2 is 1.67 bits per heavy atom. The van der Waals surface area contributed by atoms with Gasteiger partial charge in [0.05, 0.1) is 18.1 Å². The lowest BCUT2D eigenvalue weighted by Crippen LogP contribution is -2.40. The van der Waals surface area contributed by atoms with Gasteiger partial charge in [0.15, 0.2) is 0 Å². The zero-order valence-electron chi connectivity index (χ0n) is 12.7. The molecule has 0 aromatic heterocycles. The number of allylic oxidation sites excluding steroid dienone is 2. The van der Waals surface area contributed by atoms with Crippen molar-refractivity contribution in [3.63, 3.8) is 0 Å². The highest BCUT2D eigenvalue weighted by Gasteiger charge is 2.67. The van der Waals surface area contributed by atoms with Crippen LogP contribution >= 0.6 is 0 Å². The Labute approximate surface area is 138 Å². The predicted molar refractivity (Wildman–Crippen MR) is 83.9 cm³/mol. The molecule has 122 valence electrons. The maximum Gasteiger partial charge on any atom is 0.254 e. The van der Waals surface area contributed by atoms with Crippen molar-refractivity contribution in [1.82, 2.24) is 5.01 Å². The Kier molecular flexibility index (Phi) is 2.56. The van der Waals surface area contributed by atoms with E-state index in [-0.39, 0.29) is 47.0 Å². The van der Waals surface area contributed by atoms with Crippen molar-refractivity contribution in [2.24, 2.45) is 40.6 Å². The highest BCUT2D eigenvalue weighted by atomic mass is 16.3. The van der Waals surface area contributed by atoms with Crippen LogP contribution < -0.4 is 0 Å². The third-order valence-electron chi connectivity index (χ3n) is 5.97. The number of aromatic hydroxyl groups is 2. The van der Waals surface area contributed by atoms with Gasteiger partial charge in [-0.3, -0.25) is 9.59 Å². The molecule has 3 fully saturated rings. The molecule has 1 aromatic rings. The van der Waals surface area contributed by atoms with E-state index in [9.17, 15) is 19.8 Å². The molecule has 0 radical (unpaired) electrons. The quantitative estimate of drug-likeness (QED) is 0.490. The van der Waals surface area contributed by atoms with E-state index in [1.807, 2.05) is 0 Å². The van der Waals surface area contributed by atoms with E-state index in [2.05, 4.69) is 17.3 Å². The molecule has 2 bridgehead atoms. The molecule has 6 nitrogen and oxygen atoms in total. The summed E-state index contributed by atoms with van der Waals surface area (Å²) in [6, 6.07) is 4.07. The molecule has 5 aliphatic rings. The van der Waals surface area contributed by atoms with Gasteiger partial charge in [0.25, 0.3) is 11.8 Å². The van der Waals surface area contributed by atoms with Crippen molar-refractivity contribution in [1.29, 1.82) is 0 Å². The van der Waals surface area contributed by atoms with Crippen molar-refractivity contribution in [3.05, 3.63) is 35.9 Å². The molecule has 6 atom stereocenters. The number of imide groups is 1. The zero-order valence-corrected chi connectivity index (χ0v) is 12.7. The van der Waals surface area contributed by atoms with E-state index in [0.29, 0.717) is 17.4 Å². The number of amides is 2. The summed E-state index contributed by atoms with van der Waals surface area (Å²) in [5, 5.41) is 24.1. The fraction of sp³-hybridized carbons (Fsp3) is 0.389. The average molecular weight is 324 g/mol. The van der Waals surface area contributed by atoms with Gasteiger partial charge in [-0.2, -0.15) is 10.1 Å². The summed E-state index contributed by atoms with van der Waals surface area (Å²) in [5.41, 5.74) is 0.340. The fourth-order valence-corrected chi connectivity index (χ4v) is 4.82. The van der Waals surface area contributed by atoms with E-state index in [1.54, 1.807) is 0 Å². The number of benzene rings is 1. The first kappa shape index (κ1) is 13.8. The molecule has 1 aromatic carbocycles. The first-order valence-corrected chi connectivity index (χ1v) is 8.18. The van der Waals surface area contributed by atoms with Gasteiger partial charge in [0.2, 0.25) is 0 Å². The number of phenolic OH excluding ortho intramolecular Hbond substituents is 2. The fourth-order valence-electron chi connectivity index (χ4n) is 4.82. The van der Waals surface area contributed by atoms with Gasteiger partial charge in [-0.15, -0.1) is 0 Å². The van der Waals surface area contributed by atoms with Crippen molar-refractivity contribution < 1.29 is 19.8 Å². The number of hydrogen-bond donors (Lipinski definition) is 2. The van der Waals surface area contributed by atoms with Crippen LogP contribution in [0, 0.1) is 35.5 Å². The van der Waals surface area contributed by atoms with E-state index in [0.717, 1.165) is 11.4 Å². The van der Waals surface area contributed by atoms with Crippen molar-refractivity contribution in [2.75, 3.05) is 0 Å². The first-order chi connectivity index (χ1) is 11.6. The van der Waals surface area contributed by atoms with Crippen LogP contribution in [0.1, 0.15) is 12.0 Å².